The first-order chi connectivity index (χ1) is 12.9. The van der Waals surface area contributed by atoms with Gasteiger partial charge in [0, 0.05) is 12.1 Å². The number of nitrogens with one attached hydrogen (secondary N) is 1. The van der Waals surface area contributed by atoms with E-state index in [-0.39, 0.29) is 22.4 Å². The van der Waals surface area contributed by atoms with Crippen LogP contribution in [0.15, 0.2) is 47.4 Å². The fraction of sp³-hybridized carbons (Fsp3) is 0.333. The molecule has 0 atom stereocenters. The van der Waals surface area contributed by atoms with Gasteiger partial charge < -0.3 is 9.47 Å². The Morgan fingerprint density at radius 3 is 2.56 bits per heavy atom. The summed E-state index contributed by atoms with van der Waals surface area (Å²) in [5, 5.41) is 10.9. The van der Waals surface area contributed by atoms with Gasteiger partial charge in [0.1, 0.15) is 16.4 Å². The average Bonchev–Trinajstić information content (AvgIpc) is 3.14. The Balaban J connectivity index is 1.83. The molecule has 1 N–H and O–H groups in total. The second kappa shape index (κ2) is 7.83. The summed E-state index contributed by atoms with van der Waals surface area (Å²) in [6.07, 6.45) is 4.42. The molecular weight excluding hydrogens is 372 g/mol. The molecule has 2 aromatic carbocycles. The monoisotopic (exact) mass is 392 g/mol. The van der Waals surface area contributed by atoms with Gasteiger partial charge in [-0.05, 0) is 43.9 Å². The van der Waals surface area contributed by atoms with Gasteiger partial charge in [-0.3, -0.25) is 14.8 Å². The minimum atomic E-state index is -4.00. The van der Waals surface area contributed by atoms with E-state index in [0.717, 1.165) is 43.9 Å². The number of methoxy groups -OCH3 is 1. The third-order valence-electron chi connectivity index (χ3n) is 4.34. The van der Waals surface area contributed by atoms with Crippen LogP contribution in [0, 0.1) is 10.1 Å². The molecule has 0 radical (unpaired) electrons. The van der Waals surface area contributed by atoms with Gasteiger partial charge in [0.05, 0.1) is 29.9 Å². The van der Waals surface area contributed by atoms with Crippen LogP contribution in [-0.4, -0.2) is 26.6 Å². The molecule has 3 rings (SSSR count). The highest BCUT2D eigenvalue weighted by molar-refractivity contribution is 7.92. The van der Waals surface area contributed by atoms with E-state index in [2.05, 4.69) is 4.72 Å². The maximum Gasteiger partial charge on any atom is 0.273 e. The van der Waals surface area contributed by atoms with E-state index < -0.39 is 14.9 Å². The SMILES string of the molecule is COc1cc([N+](=O)[O-])ccc1S(=O)(=O)Nc1cccc(OC2CCCC2)c1. The Morgan fingerprint density at radius 1 is 1.15 bits per heavy atom. The molecule has 9 heteroatoms. The summed E-state index contributed by atoms with van der Waals surface area (Å²) >= 11 is 0. The molecule has 2 aromatic rings. The first-order valence-electron chi connectivity index (χ1n) is 8.51. The van der Waals surface area contributed by atoms with Crippen LogP contribution in [0.25, 0.3) is 0 Å². The van der Waals surface area contributed by atoms with Crippen molar-refractivity contribution in [1.82, 2.24) is 0 Å². The predicted molar refractivity (Wildman–Crippen MR) is 99.8 cm³/mol. The number of hydrogen-bond donors (Lipinski definition) is 1. The second-order valence-electron chi connectivity index (χ2n) is 6.25. The molecule has 0 bridgehead atoms. The maximum absolute atomic E-state index is 12.7. The van der Waals surface area contributed by atoms with Gasteiger partial charge in [0.15, 0.2) is 0 Å². The number of nitrogens with zero attached hydrogens (tertiary/aromatic N) is 1. The van der Waals surface area contributed by atoms with E-state index in [4.69, 9.17) is 9.47 Å². The predicted octanol–water partition coefficient (Wildman–Crippen LogP) is 3.73. The van der Waals surface area contributed by atoms with Crippen molar-refractivity contribution in [3.63, 3.8) is 0 Å². The number of hydrogen-bond acceptors (Lipinski definition) is 6. The highest BCUT2D eigenvalue weighted by Gasteiger charge is 2.23. The molecule has 0 aliphatic heterocycles. The molecule has 27 heavy (non-hydrogen) atoms. The number of ether oxygens (including phenoxy) is 2. The largest absolute Gasteiger partial charge is 0.495 e. The van der Waals surface area contributed by atoms with Crippen molar-refractivity contribution in [1.29, 1.82) is 0 Å². The minimum Gasteiger partial charge on any atom is -0.495 e. The number of benzene rings is 2. The van der Waals surface area contributed by atoms with Gasteiger partial charge >= 0.3 is 0 Å². The molecule has 8 nitrogen and oxygen atoms in total. The van der Waals surface area contributed by atoms with Crippen LogP contribution < -0.4 is 14.2 Å². The van der Waals surface area contributed by atoms with Crippen LogP contribution in [0.1, 0.15) is 25.7 Å². The van der Waals surface area contributed by atoms with Crippen LogP contribution in [0.5, 0.6) is 11.5 Å². The number of nitro groups is 1. The Labute approximate surface area is 157 Å². The topological polar surface area (TPSA) is 108 Å². The highest BCUT2D eigenvalue weighted by atomic mass is 32.2. The summed E-state index contributed by atoms with van der Waals surface area (Å²) in [6, 6.07) is 10.1. The van der Waals surface area contributed by atoms with E-state index >= 15 is 0 Å². The first-order valence-corrected chi connectivity index (χ1v) is 9.99. The van der Waals surface area contributed by atoms with Gasteiger partial charge in [0.25, 0.3) is 15.7 Å². The number of non-ortho nitro benzene ring substituents is 1. The summed E-state index contributed by atoms with van der Waals surface area (Å²) in [6.45, 7) is 0. The van der Waals surface area contributed by atoms with Gasteiger partial charge in [-0.2, -0.15) is 0 Å². The molecular formula is C18H20N2O6S. The van der Waals surface area contributed by atoms with Gasteiger partial charge in [-0.1, -0.05) is 6.07 Å². The molecule has 0 amide bonds. The van der Waals surface area contributed by atoms with Gasteiger partial charge in [-0.15, -0.1) is 0 Å². The standard InChI is InChI=1S/C18H20N2O6S/c1-25-17-12-14(20(21)22)9-10-18(17)27(23,24)19-13-5-4-8-16(11-13)26-15-6-2-3-7-15/h4-5,8-12,15,19H,2-3,6-7H2,1H3. The number of rotatable bonds is 7. The number of anilines is 1. The lowest BCUT2D eigenvalue weighted by Crippen LogP contribution is -2.15. The molecule has 0 saturated heterocycles. The Bertz CT molecular complexity index is 939. The van der Waals surface area contributed by atoms with E-state index in [1.807, 2.05) is 0 Å². The van der Waals surface area contributed by atoms with Crippen molar-refractivity contribution in [3.05, 3.63) is 52.6 Å². The average molecular weight is 392 g/mol. The van der Waals surface area contributed by atoms with E-state index in [0.29, 0.717) is 11.4 Å². The molecule has 0 aromatic heterocycles. The summed E-state index contributed by atoms with van der Waals surface area (Å²) in [4.78, 5) is 10.1. The molecule has 1 fully saturated rings. The zero-order chi connectivity index (χ0) is 19.4. The van der Waals surface area contributed by atoms with Crippen molar-refractivity contribution in [3.8, 4) is 11.5 Å². The first kappa shape index (κ1) is 19.0. The molecule has 144 valence electrons. The number of nitro benzene ring substituents is 1. The highest BCUT2D eigenvalue weighted by Crippen LogP contribution is 2.31. The fourth-order valence-electron chi connectivity index (χ4n) is 3.03. The zero-order valence-electron chi connectivity index (χ0n) is 14.8. The molecule has 0 spiro atoms. The number of sulfonamides is 1. The van der Waals surface area contributed by atoms with Crippen molar-refractivity contribution >= 4 is 21.4 Å². The van der Waals surface area contributed by atoms with Crippen LogP contribution in [0.2, 0.25) is 0 Å². The van der Waals surface area contributed by atoms with Crippen LogP contribution >= 0.6 is 0 Å². The molecule has 1 aliphatic rings. The molecule has 1 aliphatic carbocycles. The van der Waals surface area contributed by atoms with E-state index in [1.54, 1.807) is 24.3 Å². The lowest BCUT2D eigenvalue weighted by atomic mass is 10.3. The second-order valence-corrected chi connectivity index (χ2v) is 7.90. The smallest absolute Gasteiger partial charge is 0.273 e. The van der Waals surface area contributed by atoms with Crippen molar-refractivity contribution < 1.29 is 22.8 Å². The summed E-state index contributed by atoms with van der Waals surface area (Å²) in [5.41, 5.74) is 0.0867. The summed E-state index contributed by atoms with van der Waals surface area (Å²) in [5.74, 6) is 0.493. The minimum absolute atomic E-state index is 0.102. The van der Waals surface area contributed by atoms with Crippen LogP contribution in [0.4, 0.5) is 11.4 Å². The van der Waals surface area contributed by atoms with Gasteiger partial charge in [0.2, 0.25) is 0 Å². The lowest BCUT2D eigenvalue weighted by Gasteiger charge is -2.15. The van der Waals surface area contributed by atoms with E-state index in [9.17, 15) is 18.5 Å². The summed E-state index contributed by atoms with van der Waals surface area (Å²) < 4.78 is 38.8. The summed E-state index contributed by atoms with van der Waals surface area (Å²) in [7, 11) is -2.74. The molecule has 1 saturated carbocycles. The maximum atomic E-state index is 12.7. The molecule has 0 unspecified atom stereocenters. The zero-order valence-corrected chi connectivity index (χ0v) is 15.6. The third kappa shape index (κ3) is 4.48. The van der Waals surface area contributed by atoms with Crippen molar-refractivity contribution in [2.45, 2.75) is 36.7 Å². The van der Waals surface area contributed by atoms with Crippen molar-refractivity contribution in [2.24, 2.45) is 0 Å². The third-order valence-corrected chi connectivity index (χ3v) is 5.76. The fourth-order valence-corrected chi connectivity index (χ4v) is 4.24. The Kier molecular flexibility index (Phi) is 5.50. The molecule has 0 heterocycles. The Morgan fingerprint density at radius 2 is 1.89 bits per heavy atom. The van der Waals surface area contributed by atoms with Crippen LogP contribution in [0.3, 0.4) is 0 Å². The normalized spacial score (nSPS) is 14.7. The van der Waals surface area contributed by atoms with E-state index in [1.165, 1.54) is 7.11 Å². The lowest BCUT2D eigenvalue weighted by molar-refractivity contribution is -0.385. The van der Waals surface area contributed by atoms with Crippen LogP contribution in [-0.2, 0) is 10.0 Å². The Hall–Kier alpha value is -2.81. The quantitative estimate of drug-likeness (QED) is 0.568. The van der Waals surface area contributed by atoms with Gasteiger partial charge in [-0.25, -0.2) is 8.42 Å². The van der Waals surface area contributed by atoms with Crippen molar-refractivity contribution in [2.75, 3.05) is 11.8 Å².